The molecule has 1 aromatic rings. The number of nitrogens with one attached hydrogen (secondary N) is 2. The van der Waals surface area contributed by atoms with Crippen LogP contribution in [0.1, 0.15) is 57.4 Å². The molecule has 2 heterocycles. The van der Waals surface area contributed by atoms with E-state index < -0.39 is 12.0 Å². The molecule has 4 amide bonds. The Morgan fingerprint density at radius 3 is 2.36 bits per heavy atom. The van der Waals surface area contributed by atoms with Crippen LogP contribution >= 0.6 is 0 Å². The van der Waals surface area contributed by atoms with Crippen LogP contribution in [-0.2, 0) is 9.53 Å². The van der Waals surface area contributed by atoms with Gasteiger partial charge in [-0.2, -0.15) is 0 Å². The highest BCUT2D eigenvalue weighted by Crippen LogP contribution is 2.34. The molecule has 1 saturated heterocycles. The second-order valence-corrected chi connectivity index (χ2v) is 10.5. The predicted octanol–water partition coefficient (Wildman–Crippen LogP) is 3.33. The van der Waals surface area contributed by atoms with E-state index in [1.807, 2.05) is 64.6 Å². The minimum absolute atomic E-state index is 0.0733. The normalized spacial score (nSPS) is 19.3. The molecule has 2 aliphatic rings. The molecule has 0 aliphatic carbocycles. The van der Waals surface area contributed by atoms with Crippen LogP contribution in [0.25, 0.3) is 0 Å². The smallest absolute Gasteiger partial charge is 0.338 e. The summed E-state index contributed by atoms with van der Waals surface area (Å²) in [7, 11) is 0. The van der Waals surface area contributed by atoms with Gasteiger partial charge in [0.15, 0.2) is 0 Å². The number of carbonyl (C=O) groups is 3. The molecule has 0 unspecified atom stereocenters. The zero-order chi connectivity index (χ0) is 26.6. The highest BCUT2D eigenvalue weighted by atomic mass is 16.5. The van der Waals surface area contributed by atoms with Crippen LogP contribution in [-0.4, -0.2) is 84.1 Å². The van der Waals surface area contributed by atoms with Crippen LogP contribution in [0.2, 0.25) is 0 Å². The van der Waals surface area contributed by atoms with Gasteiger partial charge >= 0.3 is 18.0 Å². The Balaban J connectivity index is 1.93. The monoisotopic (exact) mass is 499 g/mol. The molecule has 0 bridgehead atoms. The molecule has 1 fully saturated rings. The van der Waals surface area contributed by atoms with Gasteiger partial charge < -0.3 is 20.3 Å². The van der Waals surface area contributed by atoms with E-state index in [2.05, 4.69) is 15.5 Å². The fourth-order valence-electron chi connectivity index (χ4n) is 4.68. The lowest BCUT2D eigenvalue weighted by Gasteiger charge is -2.41. The summed E-state index contributed by atoms with van der Waals surface area (Å²) in [5, 5.41) is 6.06. The third kappa shape index (κ3) is 6.37. The second-order valence-electron chi connectivity index (χ2n) is 10.5. The quantitative estimate of drug-likeness (QED) is 0.586. The van der Waals surface area contributed by atoms with Gasteiger partial charge in [-0.15, -0.1) is 0 Å². The Kier molecular flexibility index (Phi) is 8.66. The number of hydrogen-bond donors (Lipinski definition) is 2. The molecular weight excluding hydrogens is 458 g/mol. The van der Waals surface area contributed by atoms with Crippen molar-refractivity contribution in [2.75, 3.05) is 45.9 Å². The van der Waals surface area contributed by atoms with Crippen LogP contribution in [0.15, 0.2) is 29.5 Å². The Morgan fingerprint density at radius 1 is 1.11 bits per heavy atom. The van der Waals surface area contributed by atoms with Gasteiger partial charge in [-0.25, -0.2) is 14.4 Å². The third-order valence-corrected chi connectivity index (χ3v) is 6.51. The Labute approximate surface area is 214 Å². The van der Waals surface area contributed by atoms with Gasteiger partial charge in [0, 0.05) is 50.5 Å². The minimum atomic E-state index is -0.590. The summed E-state index contributed by atoms with van der Waals surface area (Å²) in [6, 6.07) is 5.16. The Hall–Kier alpha value is -3.07. The summed E-state index contributed by atoms with van der Waals surface area (Å²) in [5.41, 5.74) is 3.78. The van der Waals surface area contributed by atoms with Crippen LogP contribution < -0.4 is 10.6 Å². The molecule has 1 atom stereocenters. The van der Waals surface area contributed by atoms with Crippen molar-refractivity contribution in [2.24, 2.45) is 0 Å². The molecule has 0 spiro atoms. The van der Waals surface area contributed by atoms with Crippen molar-refractivity contribution >= 4 is 18.0 Å². The first kappa shape index (κ1) is 27.5. The number of carbonyl (C=O) groups excluding carboxylic acids is 3. The lowest BCUT2D eigenvalue weighted by Crippen LogP contribution is -2.56. The number of piperazine rings is 1. The van der Waals surface area contributed by atoms with Crippen molar-refractivity contribution in [1.82, 2.24) is 25.3 Å². The van der Waals surface area contributed by atoms with Crippen molar-refractivity contribution in [3.8, 4) is 0 Å². The van der Waals surface area contributed by atoms with Gasteiger partial charge in [0.2, 0.25) is 0 Å². The fourth-order valence-corrected chi connectivity index (χ4v) is 4.68. The van der Waals surface area contributed by atoms with Gasteiger partial charge in [-0.05, 0) is 59.6 Å². The van der Waals surface area contributed by atoms with Crippen molar-refractivity contribution in [2.45, 2.75) is 60.0 Å². The third-order valence-electron chi connectivity index (χ3n) is 6.51. The van der Waals surface area contributed by atoms with E-state index in [-0.39, 0.29) is 24.2 Å². The first-order valence-electron chi connectivity index (χ1n) is 12.8. The number of urea groups is 2. The van der Waals surface area contributed by atoms with E-state index in [0.29, 0.717) is 50.5 Å². The molecule has 2 aliphatic heterocycles. The molecule has 2 N–H and O–H groups in total. The highest BCUT2D eigenvalue weighted by Gasteiger charge is 2.39. The molecule has 0 radical (unpaired) electrons. The summed E-state index contributed by atoms with van der Waals surface area (Å²) in [4.78, 5) is 44.8. The molecule has 9 nitrogen and oxygen atoms in total. The summed E-state index contributed by atoms with van der Waals surface area (Å²) in [6.45, 7) is 17.1. The fraction of sp³-hybridized carbons (Fsp3) is 0.593. The summed E-state index contributed by atoms with van der Waals surface area (Å²) in [6.07, 6.45) is 0. The average Bonchev–Trinajstić information content (AvgIpc) is 2.80. The predicted molar refractivity (Wildman–Crippen MR) is 140 cm³/mol. The molecule has 9 heteroatoms. The van der Waals surface area contributed by atoms with Gasteiger partial charge in [0.05, 0.1) is 18.2 Å². The molecule has 198 valence electrons. The summed E-state index contributed by atoms with van der Waals surface area (Å²) in [5.74, 6) is -0.417. The number of hydrogen-bond acceptors (Lipinski definition) is 5. The molecule has 0 saturated carbocycles. The van der Waals surface area contributed by atoms with E-state index in [4.69, 9.17) is 4.74 Å². The lowest BCUT2D eigenvalue weighted by molar-refractivity contribution is -0.139. The lowest BCUT2D eigenvalue weighted by atomic mass is 9.90. The molecule has 0 aromatic heterocycles. The zero-order valence-corrected chi connectivity index (χ0v) is 22.7. The van der Waals surface area contributed by atoms with E-state index in [1.165, 1.54) is 0 Å². The van der Waals surface area contributed by atoms with Crippen molar-refractivity contribution in [1.29, 1.82) is 0 Å². The maximum absolute atomic E-state index is 13.3. The number of nitrogens with zero attached hydrogens (tertiary/aromatic N) is 3. The standard InChI is InChI=1S/C27H41N5O4/c1-8-32-21(17-30-12-14-31(15-13-30)26(35)29-27(5,6)7)22(24(33)36-9-2)23(28-25(32)34)20-16-18(3)10-11-19(20)4/h10-11,16,23H,8-9,12-15,17H2,1-7H3,(H,28,34)(H,29,35)/t23-/m0/s1. The van der Waals surface area contributed by atoms with Crippen molar-refractivity contribution in [3.63, 3.8) is 0 Å². The molecular formula is C27H41N5O4. The van der Waals surface area contributed by atoms with Gasteiger partial charge in [-0.1, -0.05) is 23.8 Å². The first-order chi connectivity index (χ1) is 16.9. The minimum Gasteiger partial charge on any atom is -0.463 e. The molecule has 36 heavy (non-hydrogen) atoms. The van der Waals surface area contributed by atoms with Crippen LogP contribution in [0.5, 0.6) is 0 Å². The Bertz CT molecular complexity index is 1020. The van der Waals surface area contributed by atoms with E-state index in [1.54, 1.807) is 11.8 Å². The van der Waals surface area contributed by atoms with Crippen molar-refractivity contribution < 1.29 is 19.1 Å². The van der Waals surface area contributed by atoms with Gasteiger partial charge in [-0.3, -0.25) is 9.80 Å². The largest absolute Gasteiger partial charge is 0.463 e. The van der Waals surface area contributed by atoms with Crippen LogP contribution in [0.3, 0.4) is 0 Å². The topological polar surface area (TPSA) is 94.2 Å². The summed E-state index contributed by atoms with van der Waals surface area (Å²) >= 11 is 0. The van der Waals surface area contributed by atoms with E-state index >= 15 is 0 Å². The first-order valence-corrected chi connectivity index (χ1v) is 12.8. The number of ether oxygens (including phenoxy) is 1. The van der Waals surface area contributed by atoms with E-state index in [9.17, 15) is 14.4 Å². The van der Waals surface area contributed by atoms with Crippen LogP contribution in [0, 0.1) is 13.8 Å². The number of likely N-dealkylation sites (N-methyl/N-ethyl adjacent to an activating group) is 1. The number of rotatable bonds is 6. The molecule has 3 rings (SSSR count). The number of amides is 4. The highest BCUT2D eigenvalue weighted by molar-refractivity contribution is 5.95. The van der Waals surface area contributed by atoms with Gasteiger partial charge in [0.25, 0.3) is 0 Å². The SMILES string of the molecule is CCOC(=O)C1=C(CN2CCN(C(=O)NC(C)(C)C)CC2)N(CC)C(=O)N[C@H]1c1cc(C)ccc1C. The number of aryl methyl sites for hydroxylation is 2. The van der Waals surface area contributed by atoms with E-state index in [0.717, 1.165) is 16.7 Å². The number of benzene rings is 1. The van der Waals surface area contributed by atoms with Gasteiger partial charge in [0.1, 0.15) is 0 Å². The zero-order valence-electron chi connectivity index (χ0n) is 22.7. The maximum atomic E-state index is 13.3. The van der Waals surface area contributed by atoms with Crippen LogP contribution in [0.4, 0.5) is 9.59 Å². The Morgan fingerprint density at radius 2 is 1.78 bits per heavy atom. The summed E-state index contributed by atoms with van der Waals surface area (Å²) < 4.78 is 5.49. The second kappa shape index (κ2) is 11.3. The molecule has 1 aromatic carbocycles. The average molecular weight is 500 g/mol. The number of esters is 1. The van der Waals surface area contributed by atoms with Crippen molar-refractivity contribution in [3.05, 3.63) is 46.2 Å². The maximum Gasteiger partial charge on any atom is 0.338 e.